The second-order valence-electron chi connectivity index (χ2n) is 5.25. The number of aliphatic hydroxyl groups excluding tert-OH is 1. The summed E-state index contributed by atoms with van der Waals surface area (Å²) in [5.74, 6) is 0. The molecule has 0 aromatic heterocycles. The van der Waals surface area contributed by atoms with Crippen LogP contribution < -0.4 is 5.32 Å². The number of ether oxygens (including phenoxy) is 1. The summed E-state index contributed by atoms with van der Waals surface area (Å²) in [5, 5.41) is 13.1. The van der Waals surface area contributed by atoms with Crippen LogP contribution in [0.3, 0.4) is 0 Å². The molecule has 4 nitrogen and oxygen atoms in total. The number of nitrogens with zero attached hydrogens (tertiary/aromatic N) is 1. The average molecular weight is 246 g/mol. The summed E-state index contributed by atoms with van der Waals surface area (Å²) < 4.78 is 4.94. The van der Waals surface area contributed by atoms with Crippen LogP contribution in [0.2, 0.25) is 0 Å². The highest BCUT2D eigenvalue weighted by atomic mass is 16.5. The van der Waals surface area contributed by atoms with Gasteiger partial charge in [-0.25, -0.2) is 0 Å². The Bertz CT molecular complexity index is 190. The highest BCUT2D eigenvalue weighted by Gasteiger charge is 2.24. The van der Waals surface area contributed by atoms with E-state index in [-0.39, 0.29) is 5.41 Å². The summed E-state index contributed by atoms with van der Waals surface area (Å²) in [6.07, 6.45) is 0.732. The lowest BCUT2D eigenvalue weighted by molar-refractivity contribution is 0.0343. The van der Waals surface area contributed by atoms with Crippen molar-refractivity contribution in [1.29, 1.82) is 0 Å². The smallest absolute Gasteiger partial charge is 0.0899 e. The van der Waals surface area contributed by atoms with Crippen molar-refractivity contribution >= 4 is 0 Å². The largest absolute Gasteiger partial charge is 0.389 e. The molecule has 0 saturated carbocycles. The number of nitrogens with one attached hydrogen (secondary N) is 1. The van der Waals surface area contributed by atoms with E-state index in [1.807, 2.05) is 0 Å². The summed E-state index contributed by atoms with van der Waals surface area (Å²) in [4.78, 5) is 2.19. The van der Waals surface area contributed by atoms with Gasteiger partial charge >= 0.3 is 0 Å². The molecule has 0 amide bonds. The molecule has 2 unspecified atom stereocenters. The Kier molecular flexibility index (Phi) is 8.78. The van der Waals surface area contributed by atoms with E-state index in [0.717, 1.165) is 26.1 Å². The van der Waals surface area contributed by atoms with E-state index >= 15 is 0 Å². The number of hydrogen-bond donors (Lipinski definition) is 2. The summed E-state index contributed by atoms with van der Waals surface area (Å²) in [5.41, 5.74) is 0.261. The van der Waals surface area contributed by atoms with E-state index in [1.165, 1.54) is 0 Å². The Hall–Kier alpha value is -0.160. The Morgan fingerprint density at radius 1 is 1.41 bits per heavy atom. The number of rotatable bonds is 10. The molecule has 0 aromatic carbocycles. The maximum atomic E-state index is 9.68. The molecule has 0 saturated heterocycles. The quantitative estimate of drug-likeness (QED) is 0.602. The summed E-state index contributed by atoms with van der Waals surface area (Å²) in [6.45, 7) is 10.7. The van der Waals surface area contributed by atoms with Gasteiger partial charge in [0.15, 0.2) is 0 Å². The van der Waals surface area contributed by atoms with Crippen molar-refractivity contribution in [3.05, 3.63) is 0 Å². The van der Waals surface area contributed by atoms with Crippen LogP contribution in [0.4, 0.5) is 0 Å². The zero-order valence-electron chi connectivity index (χ0n) is 12.1. The van der Waals surface area contributed by atoms with Gasteiger partial charge in [0.25, 0.3) is 0 Å². The minimum atomic E-state index is -0.398. The van der Waals surface area contributed by atoms with E-state index < -0.39 is 6.10 Å². The van der Waals surface area contributed by atoms with Crippen LogP contribution in [-0.4, -0.2) is 63.1 Å². The monoisotopic (exact) mass is 246 g/mol. The first-order valence-electron chi connectivity index (χ1n) is 6.53. The van der Waals surface area contributed by atoms with Gasteiger partial charge in [-0.3, -0.25) is 0 Å². The molecular weight excluding hydrogens is 216 g/mol. The first-order chi connectivity index (χ1) is 7.97. The summed E-state index contributed by atoms with van der Waals surface area (Å²) in [6, 6.07) is 0. The van der Waals surface area contributed by atoms with Crippen molar-refractivity contribution < 1.29 is 9.84 Å². The fourth-order valence-electron chi connectivity index (χ4n) is 2.04. The second-order valence-corrected chi connectivity index (χ2v) is 5.25. The maximum absolute atomic E-state index is 9.68. The Labute approximate surface area is 106 Å². The summed E-state index contributed by atoms with van der Waals surface area (Å²) in [7, 11) is 3.67. The maximum Gasteiger partial charge on any atom is 0.0899 e. The highest BCUT2D eigenvalue weighted by molar-refractivity contribution is 4.79. The molecule has 0 rings (SSSR count). The van der Waals surface area contributed by atoms with Crippen molar-refractivity contribution in [3.63, 3.8) is 0 Å². The van der Waals surface area contributed by atoms with Gasteiger partial charge in [-0.15, -0.1) is 0 Å². The van der Waals surface area contributed by atoms with E-state index in [0.29, 0.717) is 13.2 Å². The van der Waals surface area contributed by atoms with Crippen molar-refractivity contribution in [1.82, 2.24) is 10.2 Å². The first-order valence-corrected chi connectivity index (χ1v) is 6.53. The number of methoxy groups -OCH3 is 1. The Morgan fingerprint density at radius 2 is 2.06 bits per heavy atom. The average Bonchev–Trinajstić information content (AvgIpc) is 2.26. The zero-order chi connectivity index (χ0) is 13.3. The molecule has 4 heteroatoms. The highest BCUT2D eigenvalue weighted by Crippen LogP contribution is 2.21. The van der Waals surface area contributed by atoms with Crippen LogP contribution in [-0.2, 0) is 4.74 Å². The molecular formula is C13H30N2O2. The lowest BCUT2D eigenvalue weighted by Gasteiger charge is -2.34. The molecule has 17 heavy (non-hydrogen) atoms. The van der Waals surface area contributed by atoms with Crippen LogP contribution in [0.15, 0.2) is 0 Å². The van der Waals surface area contributed by atoms with E-state index in [9.17, 15) is 5.11 Å². The molecule has 0 bridgehead atoms. The fourth-order valence-corrected chi connectivity index (χ4v) is 2.04. The molecule has 0 aliphatic carbocycles. The third kappa shape index (κ3) is 7.71. The lowest BCUT2D eigenvalue weighted by Crippen LogP contribution is -2.43. The number of likely N-dealkylation sites (N-methyl/N-ethyl adjacent to an activating group) is 1. The molecule has 2 N–H and O–H groups in total. The molecule has 0 aliphatic rings. The minimum Gasteiger partial charge on any atom is -0.389 e. The molecule has 0 aromatic rings. The topological polar surface area (TPSA) is 44.7 Å². The number of aliphatic hydroxyl groups is 1. The molecule has 0 fully saturated rings. The molecule has 104 valence electrons. The molecule has 0 heterocycles. The predicted molar refractivity (Wildman–Crippen MR) is 72.3 cm³/mol. The van der Waals surface area contributed by atoms with Gasteiger partial charge in [0.05, 0.1) is 12.7 Å². The molecule has 0 aliphatic heterocycles. The summed E-state index contributed by atoms with van der Waals surface area (Å²) >= 11 is 0. The van der Waals surface area contributed by atoms with Crippen LogP contribution >= 0.6 is 0 Å². The third-order valence-electron chi connectivity index (χ3n) is 3.19. The fraction of sp³-hybridized carbons (Fsp3) is 1.00. The van der Waals surface area contributed by atoms with Gasteiger partial charge < -0.3 is 20.1 Å². The second kappa shape index (κ2) is 8.86. The van der Waals surface area contributed by atoms with Gasteiger partial charge in [0.2, 0.25) is 0 Å². The molecule has 0 spiro atoms. The van der Waals surface area contributed by atoms with Crippen LogP contribution in [0.5, 0.6) is 0 Å². The van der Waals surface area contributed by atoms with Crippen molar-refractivity contribution in [3.8, 4) is 0 Å². The van der Waals surface area contributed by atoms with E-state index in [1.54, 1.807) is 7.11 Å². The Balaban J connectivity index is 4.07. The Morgan fingerprint density at radius 3 is 2.53 bits per heavy atom. The lowest BCUT2D eigenvalue weighted by atomic mass is 9.86. The van der Waals surface area contributed by atoms with Gasteiger partial charge in [0, 0.05) is 26.7 Å². The predicted octanol–water partition coefficient (Wildman–Crippen LogP) is 0.951. The van der Waals surface area contributed by atoms with Gasteiger partial charge in [0.1, 0.15) is 0 Å². The third-order valence-corrected chi connectivity index (χ3v) is 3.19. The SMILES string of the molecule is CCNCC(C)(CC)CN(C)CC(O)COC. The van der Waals surface area contributed by atoms with Gasteiger partial charge in [-0.2, -0.15) is 0 Å². The van der Waals surface area contributed by atoms with Crippen LogP contribution in [0.25, 0.3) is 0 Å². The normalized spacial score (nSPS) is 17.1. The minimum absolute atomic E-state index is 0.261. The van der Waals surface area contributed by atoms with Crippen LogP contribution in [0.1, 0.15) is 27.2 Å². The van der Waals surface area contributed by atoms with E-state index in [2.05, 4.69) is 38.0 Å². The van der Waals surface area contributed by atoms with E-state index in [4.69, 9.17) is 4.74 Å². The van der Waals surface area contributed by atoms with Crippen molar-refractivity contribution in [2.24, 2.45) is 5.41 Å². The van der Waals surface area contributed by atoms with Crippen molar-refractivity contribution in [2.75, 3.05) is 46.9 Å². The number of hydrogen-bond acceptors (Lipinski definition) is 4. The standard InChI is InChI=1S/C13H30N2O2/c1-6-13(3,10-14-7-2)11-15(4)8-12(16)9-17-5/h12,14,16H,6-11H2,1-5H3. The van der Waals surface area contributed by atoms with Gasteiger partial charge in [-0.1, -0.05) is 20.8 Å². The van der Waals surface area contributed by atoms with Crippen LogP contribution in [0, 0.1) is 5.41 Å². The van der Waals surface area contributed by atoms with Gasteiger partial charge in [-0.05, 0) is 25.4 Å². The molecule has 2 atom stereocenters. The molecule has 0 radical (unpaired) electrons. The first kappa shape index (κ1) is 16.8. The van der Waals surface area contributed by atoms with Crippen molar-refractivity contribution in [2.45, 2.75) is 33.3 Å². The zero-order valence-corrected chi connectivity index (χ0v) is 12.1.